The second-order valence-electron chi connectivity index (χ2n) is 7.08. The standard InChI is InChI=1S/C18H28N4O2/c1-14-19-17(20-24-14)13-21(2)16-8-5-10-22(11-9-16)18(23)12-15-6-3-4-7-15/h3,6,15-16H,4-5,7-13H2,1-2H3/t15-,16+/m0/s1. The number of amides is 1. The normalized spacial score (nSPS) is 24.5. The van der Waals surface area contributed by atoms with Crippen LogP contribution in [0.25, 0.3) is 0 Å². The van der Waals surface area contributed by atoms with Gasteiger partial charge in [-0.25, -0.2) is 0 Å². The van der Waals surface area contributed by atoms with Gasteiger partial charge in [0.1, 0.15) is 0 Å². The molecule has 1 fully saturated rings. The Hall–Kier alpha value is -1.69. The maximum absolute atomic E-state index is 12.5. The van der Waals surface area contributed by atoms with E-state index in [1.807, 2.05) is 6.92 Å². The molecule has 2 atom stereocenters. The molecule has 0 saturated carbocycles. The summed E-state index contributed by atoms with van der Waals surface area (Å²) in [6.45, 7) is 4.25. The first-order chi connectivity index (χ1) is 11.6. The molecule has 1 aliphatic heterocycles. The minimum atomic E-state index is 0.323. The molecule has 0 spiro atoms. The Balaban J connectivity index is 1.48. The van der Waals surface area contributed by atoms with Crippen LogP contribution in [-0.2, 0) is 11.3 Å². The zero-order chi connectivity index (χ0) is 16.9. The molecule has 0 bridgehead atoms. The number of carbonyl (C=O) groups excluding carboxylic acids is 1. The lowest BCUT2D eigenvalue weighted by Crippen LogP contribution is -2.35. The lowest BCUT2D eigenvalue weighted by Gasteiger charge is -2.26. The van der Waals surface area contributed by atoms with E-state index in [1.54, 1.807) is 0 Å². The minimum Gasteiger partial charge on any atom is -0.343 e. The predicted octanol–water partition coefficient (Wildman–Crippen LogP) is 2.55. The van der Waals surface area contributed by atoms with Gasteiger partial charge in [0.05, 0.1) is 6.54 Å². The monoisotopic (exact) mass is 332 g/mol. The van der Waals surface area contributed by atoms with E-state index in [9.17, 15) is 4.79 Å². The smallest absolute Gasteiger partial charge is 0.223 e. The van der Waals surface area contributed by atoms with Crippen molar-refractivity contribution in [2.75, 3.05) is 20.1 Å². The highest BCUT2D eigenvalue weighted by Gasteiger charge is 2.25. The van der Waals surface area contributed by atoms with Gasteiger partial charge in [0.2, 0.25) is 11.8 Å². The van der Waals surface area contributed by atoms with Gasteiger partial charge in [0, 0.05) is 32.5 Å². The maximum atomic E-state index is 12.5. The topological polar surface area (TPSA) is 62.5 Å². The third-order valence-electron chi connectivity index (χ3n) is 5.18. The number of aromatic nitrogens is 2. The van der Waals surface area contributed by atoms with Crippen LogP contribution in [-0.4, -0.2) is 52.0 Å². The summed E-state index contributed by atoms with van der Waals surface area (Å²) in [6, 6.07) is 0.466. The van der Waals surface area contributed by atoms with Crippen molar-refractivity contribution in [1.29, 1.82) is 0 Å². The van der Waals surface area contributed by atoms with Crippen molar-refractivity contribution in [1.82, 2.24) is 19.9 Å². The average Bonchev–Trinajstić information content (AvgIpc) is 3.12. The Labute approximate surface area is 143 Å². The SMILES string of the molecule is Cc1nc(CN(C)[C@@H]2CCCN(C(=O)C[C@H]3C=CCC3)CC2)no1. The fourth-order valence-electron chi connectivity index (χ4n) is 3.75. The molecule has 0 radical (unpaired) electrons. The Bertz CT molecular complexity index is 583. The molecule has 1 saturated heterocycles. The number of likely N-dealkylation sites (tertiary alicyclic amines) is 1. The van der Waals surface area contributed by atoms with E-state index >= 15 is 0 Å². The Morgan fingerprint density at radius 2 is 2.25 bits per heavy atom. The van der Waals surface area contributed by atoms with Gasteiger partial charge < -0.3 is 9.42 Å². The molecule has 0 N–H and O–H groups in total. The summed E-state index contributed by atoms with van der Waals surface area (Å²) >= 11 is 0. The second kappa shape index (κ2) is 7.92. The van der Waals surface area contributed by atoms with Gasteiger partial charge >= 0.3 is 0 Å². The highest BCUT2D eigenvalue weighted by Crippen LogP contribution is 2.23. The summed E-state index contributed by atoms with van der Waals surface area (Å²) in [4.78, 5) is 21.2. The molecular formula is C18H28N4O2. The van der Waals surface area contributed by atoms with Crippen molar-refractivity contribution in [2.24, 2.45) is 5.92 Å². The van der Waals surface area contributed by atoms with E-state index in [0.717, 1.165) is 51.0 Å². The van der Waals surface area contributed by atoms with Crippen molar-refractivity contribution in [3.05, 3.63) is 23.9 Å². The summed E-state index contributed by atoms with van der Waals surface area (Å²) in [5.74, 6) is 2.13. The van der Waals surface area contributed by atoms with Gasteiger partial charge in [-0.05, 0) is 45.1 Å². The van der Waals surface area contributed by atoms with Crippen LogP contribution in [0.5, 0.6) is 0 Å². The lowest BCUT2D eigenvalue weighted by molar-refractivity contribution is -0.131. The van der Waals surface area contributed by atoms with Crippen LogP contribution >= 0.6 is 0 Å². The molecule has 1 aromatic rings. The van der Waals surface area contributed by atoms with Crippen molar-refractivity contribution < 1.29 is 9.32 Å². The largest absolute Gasteiger partial charge is 0.343 e. The second-order valence-corrected chi connectivity index (χ2v) is 7.08. The molecule has 2 heterocycles. The van der Waals surface area contributed by atoms with Crippen molar-refractivity contribution in [3.63, 3.8) is 0 Å². The van der Waals surface area contributed by atoms with Crippen LogP contribution < -0.4 is 0 Å². The highest BCUT2D eigenvalue weighted by atomic mass is 16.5. The zero-order valence-electron chi connectivity index (χ0n) is 14.8. The van der Waals surface area contributed by atoms with Crippen LogP contribution in [0, 0.1) is 12.8 Å². The molecule has 1 amide bonds. The summed E-state index contributed by atoms with van der Waals surface area (Å²) in [5, 5.41) is 3.98. The van der Waals surface area contributed by atoms with Crippen molar-refractivity contribution in [3.8, 4) is 0 Å². The number of allylic oxidation sites excluding steroid dienone is 2. The fraction of sp³-hybridized carbons (Fsp3) is 0.722. The van der Waals surface area contributed by atoms with Gasteiger partial charge in [-0.3, -0.25) is 9.69 Å². The minimum absolute atomic E-state index is 0.323. The van der Waals surface area contributed by atoms with Gasteiger partial charge in [0.25, 0.3) is 0 Å². The number of nitrogens with zero attached hydrogens (tertiary/aromatic N) is 4. The van der Waals surface area contributed by atoms with Crippen LogP contribution in [0.2, 0.25) is 0 Å². The maximum Gasteiger partial charge on any atom is 0.223 e. The summed E-state index contributed by atoms with van der Waals surface area (Å²) < 4.78 is 5.04. The zero-order valence-corrected chi connectivity index (χ0v) is 14.8. The molecule has 1 aliphatic carbocycles. The molecule has 2 aliphatic rings. The Morgan fingerprint density at radius 3 is 2.96 bits per heavy atom. The number of aryl methyl sites for hydroxylation is 1. The first kappa shape index (κ1) is 17.1. The third kappa shape index (κ3) is 4.44. The van der Waals surface area contributed by atoms with Gasteiger partial charge in [-0.1, -0.05) is 17.3 Å². The van der Waals surface area contributed by atoms with E-state index in [2.05, 4.69) is 39.1 Å². The van der Waals surface area contributed by atoms with Crippen LogP contribution in [0.1, 0.15) is 50.2 Å². The van der Waals surface area contributed by atoms with Crippen molar-refractivity contribution in [2.45, 2.75) is 58.0 Å². The van der Waals surface area contributed by atoms with E-state index in [-0.39, 0.29) is 0 Å². The van der Waals surface area contributed by atoms with Gasteiger partial charge in [0.15, 0.2) is 5.82 Å². The number of rotatable bonds is 5. The number of hydrogen-bond donors (Lipinski definition) is 0. The van der Waals surface area contributed by atoms with E-state index in [4.69, 9.17) is 4.52 Å². The highest BCUT2D eigenvalue weighted by molar-refractivity contribution is 5.76. The molecule has 6 heteroatoms. The number of hydrogen-bond acceptors (Lipinski definition) is 5. The van der Waals surface area contributed by atoms with E-state index in [1.165, 1.54) is 0 Å². The molecule has 6 nitrogen and oxygen atoms in total. The third-order valence-corrected chi connectivity index (χ3v) is 5.18. The lowest BCUT2D eigenvalue weighted by atomic mass is 10.0. The first-order valence-corrected chi connectivity index (χ1v) is 9.05. The molecule has 24 heavy (non-hydrogen) atoms. The molecule has 3 rings (SSSR count). The summed E-state index contributed by atoms with van der Waals surface area (Å²) in [6.07, 6.45) is 10.5. The van der Waals surface area contributed by atoms with E-state index in [0.29, 0.717) is 36.7 Å². The molecule has 1 aromatic heterocycles. The molecular weight excluding hydrogens is 304 g/mol. The van der Waals surface area contributed by atoms with Crippen LogP contribution in [0.4, 0.5) is 0 Å². The Kier molecular flexibility index (Phi) is 5.66. The van der Waals surface area contributed by atoms with Crippen LogP contribution in [0.3, 0.4) is 0 Å². The first-order valence-electron chi connectivity index (χ1n) is 9.05. The molecule has 0 aromatic carbocycles. The van der Waals surface area contributed by atoms with Crippen molar-refractivity contribution >= 4 is 5.91 Å². The predicted molar refractivity (Wildman–Crippen MR) is 91.2 cm³/mol. The Morgan fingerprint density at radius 1 is 1.38 bits per heavy atom. The quantitative estimate of drug-likeness (QED) is 0.776. The van der Waals surface area contributed by atoms with Gasteiger partial charge in [-0.15, -0.1) is 0 Å². The summed E-state index contributed by atoms with van der Waals surface area (Å²) in [5.41, 5.74) is 0. The van der Waals surface area contributed by atoms with Crippen LogP contribution in [0.15, 0.2) is 16.7 Å². The molecule has 132 valence electrons. The summed E-state index contributed by atoms with van der Waals surface area (Å²) in [7, 11) is 2.11. The average molecular weight is 332 g/mol. The number of carbonyl (C=O) groups is 1. The van der Waals surface area contributed by atoms with E-state index < -0.39 is 0 Å². The van der Waals surface area contributed by atoms with Gasteiger partial charge in [-0.2, -0.15) is 4.98 Å². The fourth-order valence-corrected chi connectivity index (χ4v) is 3.75. The molecule has 0 unspecified atom stereocenters.